The van der Waals surface area contributed by atoms with Crippen molar-refractivity contribution in [2.24, 2.45) is 0 Å². The molecular formula is C16H24N2O2S. The summed E-state index contributed by atoms with van der Waals surface area (Å²) in [6.45, 7) is 4.90. The van der Waals surface area contributed by atoms with Crippen LogP contribution in [0.15, 0.2) is 29.2 Å². The highest BCUT2D eigenvalue weighted by Crippen LogP contribution is 2.22. The molecule has 116 valence electrons. The normalized spacial score (nSPS) is 19.6. The lowest BCUT2D eigenvalue weighted by atomic mass is 10.1. The van der Waals surface area contributed by atoms with E-state index in [2.05, 4.69) is 36.5 Å². The zero-order valence-electron chi connectivity index (χ0n) is 12.7. The number of nitrogens with zero attached hydrogens (tertiary/aromatic N) is 1. The molecule has 0 saturated carbocycles. The van der Waals surface area contributed by atoms with Crippen molar-refractivity contribution in [1.82, 2.24) is 10.2 Å². The molecule has 2 unspecified atom stereocenters. The van der Waals surface area contributed by atoms with Crippen molar-refractivity contribution >= 4 is 17.8 Å². The fourth-order valence-electron chi connectivity index (χ4n) is 2.66. The van der Waals surface area contributed by atoms with E-state index in [1.54, 1.807) is 4.90 Å². The highest BCUT2D eigenvalue weighted by molar-refractivity contribution is 7.99. The van der Waals surface area contributed by atoms with E-state index in [1.807, 2.05) is 18.7 Å². The molecule has 1 aliphatic heterocycles. The first-order chi connectivity index (χ1) is 10.2. The number of nitrogens with one attached hydrogen (secondary N) is 1. The van der Waals surface area contributed by atoms with Gasteiger partial charge in [-0.25, -0.2) is 4.79 Å². The SMILES string of the molecule is CCSc1ccc(C(C)NC(=O)N2CCCC2CO)cc1. The standard InChI is InChI=1S/C16H24N2O2S/c1-3-21-15-8-6-13(7-9-15)12(2)17-16(20)18-10-4-5-14(18)11-19/h6-9,12,14,19H,3-5,10-11H2,1-2H3,(H,17,20). The molecule has 0 bridgehead atoms. The second kappa shape index (κ2) is 7.71. The Labute approximate surface area is 130 Å². The number of rotatable bonds is 5. The predicted octanol–water partition coefficient (Wildman–Crippen LogP) is 3.03. The topological polar surface area (TPSA) is 52.6 Å². The molecule has 1 aromatic rings. The Balaban J connectivity index is 1.94. The second-order valence-corrected chi connectivity index (χ2v) is 6.68. The number of likely N-dealkylation sites (tertiary alicyclic amines) is 1. The van der Waals surface area contributed by atoms with Crippen LogP contribution in [-0.2, 0) is 0 Å². The molecule has 0 spiro atoms. The van der Waals surface area contributed by atoms with Crippen LogP contribution in [0.4, 0.5) is 4.79 Å². The van der Waals surface area contributed by atoms with Gasteiger partial charge in [-0.15, -0.1) is 11.8 Å². The quantitative estimate of drug-likeness (QED) is 0.822. The van der Waals surface area contributed by atoms with Gasteiger partial charge in [0.25, 0.3) is 0 Å². The van der Waals surface area contributed by atoms with Crippen molar-refractivity contribution < 1.29 is 9.90 Å². The molecule has 0 aromatic heterocycles. The van der Waals surface area contributed by atoms with E-state index in [9.17, 15) is 9.90 Å². The van der Waals surface area contributed by atoms with Gasteiger partial charge in [-0.3, -0.25) is 0 Å². The molecule has 1 saturated heterocycles. The Morgan fingerprint density at radius 2 is 2.19 bits per heavy atom. The minimum atomic E-state index is -0.0777. The number of hydrogen-bond donors (Lipinski definition) is 2. The molecule has 2 rings (SSSR count). The van der Waals surface area contributed by atoms with E-state index in [-0.39, 0.29) is 24.7 Å². The maximum atomic E-state index is 12.3. The molecule has 5 heteroatoms. The number of urea groups is 1. The summed E-state index contributed by atoms with van der Waals surface area (Å²) >= 11 is 1.81. The van der Waals surface area contributed by atoms with E-state index in [0.29, 0.717) is 0 Å². The summed E-state index contributed by atoms with van der Waals surface area (Å²) in [5.74, 6) is 1.06. The van der Waals surface area contributed by atoms with E-state index in [4.69, 9.17) is 0 Å². The lowest BCUT2D eigenvalue weighted by Gasteiger charge is -2.25. The molecular weight excluding hydrogens is 284 g/mol. The van der Waals surface area contributed by atoms with E-state index in [0.717, 1.165) is 30.7 Å². The minimum absolute atomic E-state index is 0.0273. The Morgan fingerprint density at radius 1 is 1.48 bits per heavy atom. The number of aliphatic hydroxyl groups is 1. The van der Waals surface area contributed by atoms with Crippen LogP contribution < -0.4 is 5.32 Å². The predicted molar refractivity (Wildman–Crippen MR) is 86.6 cm³/mol. The maximum Gasteiger partial charge on any atom is 0.318 e. The van der Waals surface area contributed by atoms with Crippen molar-refractivity contribution in [1.29, 1.82) is 0 Å². The third-order valence-corrected chi connectivity index (χ3v) is 4.77. The van der Waals surface area contributed by atoms with E-state index >= 15 is 0 Å². The van der Waals surface area contributed by atoms with Gasteiger partial charge in [0.2, 0.25) is 0 Å². The van der Waals surface area contributed by atoms with Gasteiger partial charge in [0.1, 0.15) is 0 Å². The van der Waals surface area contributed by atoms with Crippen molar-refractivity contribution in [2.45, 2.75) is 43.7 Å². The zero-order valence-corrected chi connectivity index (χ0v) is 13.5. The molecule has 1 aromatic carbocycles. The van der Waals surface area contributed by atoms with Gasteiger partial charge < -0.3 is 15.3 Å². The smallest absolute Gasteiger partial charge is 0.318 e. The Kier molecular flexibility index (Phi) is 5.94. The molecule has 1 fully saturated rings. The summed E-state index contributed by atoms with van der Waals surface area (Å²) in [5.41, 5.74) is 1.10. The monoisotopic (exact) mass is 308 g/mol. The summed E-state index contributed by atoms with van der Waals surface area (Å²) in [6.07, 6.45) is 1.86. The van der Waals surface area contributed by atoms with Crippen LogP contribution in [0.25, 0.3) is 0 Å². The van der Waals surface area contributed by atoms with Crippen LogP contribution in [0.2, 0.25) is 0 Å². The maximum absolute atomic E-state index is 12.3. The van der Waals surface area contributed by atoms with Crippen LogP contribution in [0.3, 0.4) is 0 Å². The largest absolute Gasteiger partial charge is 0.394 e. The van der Waals surface area contributed by atoms with Crippen molar-refractivity contribution in [2.75, 3.05) is 18.9 Å². The molecule has 1 aliphatic rings. The van der Waals surface area contributed by atoms with Crippen molar-refractivity contribution in [3.8, 4) is 0 Å². The summed E-state index contributed by atoms with van der Waals surface area (Å²) in [5, 5.41) is 12.3. The summed E-state index contributed by atoms with van der Waals surface area (Å²) in [6, 6.07) is 8.19. The molecule has 2 N–H and O–H groups in total. The van der Waals surface area contributed by atoms with Gasteiger partial charge in [0.15, 0.2) is 0 Å². The van der Waals surface area contributed by atoms with Crippen LogP contribution in [0.5, 0.6) is 0 Å². The molecule has 21 heavy (non-hydrogen) atoms. The fourth-order valence-corrected chi connectivity index (χ4v) is 3.33. The zero-order chi connectivity index (χ0) is 15.2. The first-order valence-corrected chi connectivity index (χ1v) is 8.55. The number of hydrogen-bond acceptors (Lipinski definition) is 3. The van der Waals surface area contributed by atoms with Crippen LogP contribution in [0.1, 0.15) is 38.3 Å². The number of amides is 2. The summed E-state index contributed by atoms with van der Waals surface area (Å²) < 4.78 is 0. The van der Waals surface area contributed by atoms with Crippen molar-refractivity contribution in [3.05, 3.63) is 29.8 Å². The minimum Gasteiger partial charge on any atom is -0.394 e. The highest BCUT2D eigenvalue weighted by atomic mass is 32.2. The van der Waals surface area contributed by atoms with Gasteiger partial charge in [-0.05, 0) is 43.2 Å². The third kappa shape index (κ3) is 4.14. The van der Waals surface area contributed by atoms with Gasteiger partial charge in [-0.2, -0.15) is 0 Å². The average molecular weight is 308 g/mol. The molecule has 0 aliphatic carbocycles. The van der Waals surface area contributed by atoms with Crippen LogP contribution >= 0.6 is 11.8 Å². The first-order valence-electron chi connectivity index (χ1n) is 7.56. The number of thioether (sulfide) groups is 1. The molecule has 2 atom stereocenters. The van der Waals surface area contributed by atoms with Crippen molar-refractivity contribution in [3.63, 3.8) is 0 Å². The third-order valence-electron chi connectivity index (χ3n) is 3.88. The first kappa shape index (κ1) is 16.2. The summed E-state index contributed by atoms with van der Waals surface area (Å²) in [4.78, 5) is 15.3. The Bertz CT molecular complexity index is 464. The van der Waals surface area contributed by atoms with Crippen LogP contribution in [0, 0.1) is 0 Å². The number of aliphatic hydroxyl groups excluding tert-OH is 1. The number of carbonyl (C=O) groups is 1. The van der Waals surface area contributed by atoms with Gasteiger partial charge in [-0.1, -0.05) is 19.1 Å². The average Bonchev–Trinajstić information content (AvgIpc) is 2.97. The Morgan fingerprint density at radius 3 is 2.81 bits per heavy atom. The Hall–Kier alpha value is -1.20. The van der Waals surface area contributed by atoms with E-state index < -0.39 is 0 Å². The van der Waals surface area contributed by atoms with Gasteiger partial charge in [0.05, 0.1) is 18.7 Å². The van der Waals surface area contributed by atoms with Gasteiger partial charge >= 0.3 is 6.03 Å². The lowest BCUT2D eigenvalue weighted by molar-refractivity contribution is 0.155. The lowest BCUT2D eigenvalue weighted by Crippen LogP contribution is -2.44. The molecule has 1 heterocycles. The fraction of sp³-hybridized carbons (Fsp3) is 0.562. The molecule has 0 radical (unpaired) electrons. The summed E-state index contributed by atoms with van der Waals surface area (Å²) in [7, 11) is 0. The molecule has 2 amide bonds. The highest BCUT2D eigenvalue weighted by Gasteiger charge is 2.28. The number of carbonyl (C=O) groups excluding carboxylic acids is 1. The van der Waals surface area contributed by atoms with Crippen LogP contribution in [-0.4, -0.2) is 41.0 Å². The second-order valence-electron chi connectivity index (χ2n) is 5.35. The van der Waals surface area contributed by atoms with Gasteiger partial charge in [0, 0.05) is 11.4 Å². The van der Waals surface area contributed by atoms with E-state index in [1.165, 1.54) is 4.90 Å². The molecule has 4 nitrogen and oxygen atoms in total. The number of benzene rings is 1.